The molecule has 0 saturated heterocycles. The molecular weight excluding hydrogens is 168 g/mol. The van der Waals surface area contributed by atoms with Crippen LogP contribution in [0.25, 0.3) is 0 Å². The number of rotatable bonds is 5. The molecule has 0 aromatic rings. The van der Waals surface area contributed by atoms with E-state index in [4.69, 9.17) is 0 Å². The van der Waals surface area contributed by atoms with Crippen LogP contribution in [0.1, 0.15) is 34.1 Å². The van der Waals surface area contributed by atoms with Crippen molar-refractivity contribution in [2.24, 2.45) is 11.8 Å². The van der Waals surface area contributed by atoms with Gasteiger partial charge in [-0.2, -0.15) is 0 Å². The minimum atomic E-state index is 0.580. The van der Waals surface area contributed by atoms with E-state index < -0.39 is 0 Å². The normalized spacial score (nSPS) is 15.6. The maximum absolute atomic E-state index is 3.81. The van der Waals surface area contributed by atoms with Crippen molar-refractivity contribution in [3.63, 3.8) is 0 Å². The van der Waals surface area contributed by atoms with Crippen LogP contribution >= 0.6 is 0 Å². The maximum Gasteiger partial charge on any atom is -0.00285 e. The summed E-state index contributed by atoms with van der Waals surface area (Å²) in [6.45, 7) is 16.2. The molecule has 0 aliphatic rings. The lowest BCUT2D eigenvalue weighted by atomic mass is 9.90. The minimum Gasteiger partial charge on any atom is -0.125 e. The van der Waals surface area contributed by atoms with E-state index in [0.717, 1.165) is 11.1 Å². The molecule has 0 amide bonds. The molecule has 14 heavy (non-hydrogen) atoms. The SMILES string of the molecule is C=C=C(C)C(C=C)=CC(C)C(C)CC. The molecule has 0 N–H and O–H groups in total. The topological polar surface area (TPSA) is 0 Å². The molecule has 0 radical (unpaired) electrons. The summed E-state index contributed by atoms with van der Waals surface area (Å²) in [6.07, 6.45) is 5.35. The Morgan fingerprint density at radius 1 is 1.43 bits per heavy atom. The zero-order valence-corrected chi connectivity index (χ0v) is 9.93. The Labute approximate surface area is 88.7 Å². The molecule has 0 aromatic heterocycles. The lowest BCUT2D eigenvalue weighted by molar-refractivity contribution is 0.445. The Morgan fingerprint density at radius 3 is 2.36 bits per heavy atom. The van der Waals surface area contributed by atoms with Crippen molar-refractivity contribution in [2.45, 2.75) is 34.1 Å². The third kappa shape index (κ3) is 3.81. The van der Waals surface area contributed by atoms with Crippen LogP contribution < -0.4 is 0 Å². The van der Waals surface area contributed by atoms with Crippen LogP contribution in [-0.2, 0) is 0 Å². The van der Waals surface area contributed by atoms with Crippen molar-refractivity contribution in [3.05, 3.63) is 42.2 Å². The largest absolute Gasteiger partial charge is 0.125 e. The molecule has 0 aliphatic carbocycles. The van der Waals surface area contributed by atoms with Crippen molar-refractivity contribution >= 4 is 0 Å². The molecule has 0 rings (SSSR count). The first-order valence-electron chi connectivity index (χ1n) is 5.28. The van der Waals surface area contributed by atoms with E-state index in [9.17, 15) is 0 Å². The molecule has 0 nitrogen and oxygen atoms in total. The van der Waals surface area contributed by atoms with Gasteiger partial charge in [0.15, 0.2) is 0 Å². The zero-order valence-electron chi connectivity index (χ0n) is 9.93. The fourth-order valence-electron chi connectivity index (χ4n) is 1.27. The van der Waals surface area contributed by atoms with Crippen LogP contribution in [0.3, 0.4) is 0 Å². The van der Waals surface area contributed by atoms with Gasteiger partial charge in [-0.1, -0.05) is 52.5 Å². The first-order chi connectivity index (χ1) is 6.56. The molecular formula is C14H22. The molecule has 0 heterocycles. The Bertz CT molecular complexity index is 262. The van der Waals surface area contributed by atoms with Gasteiger partial charge < -0.3 is 0 Å². The van der Waals surface area contributed by atoms with Gasteiger partial charge in [0.05, 0.1) is 0 Å². The fraction of sp³-hybridized carbons (Fsp3) is 0.500. The number of hydrogen-bond donors (Lipinski definition) is 0. The van der Waals surface area contributed by atoms with Crippen molar-refractivity contribution < 1.29 is 0 Å². The third-order valence-electron chi connectivity index (χ3n) is 2.90. The van der Waals surface area contributed by atoms with E-state index in [0.29, 0.717) is 11.8 Å². The highest BCUT2D eigenvalue weighted by atomic mass is 14.1. The molecule has 0 fully saturated rings. The molecule has 78 valence electrons. The van der Waals surface area contributed by atoms with Crippen LogP contribution in [0.4, 0.5) is 0 Å². The Kier molecular flexibility index (Phi) is 5.99. The third-order valence-corrected chi connectivity index (χ3v) is 2.90. The molecule has 0 aliphatic heterocycles. The van der Waals surface area contributed by atoms with E-state index in [1.807, 2.05) is 13.0 Å². The van der Waals surface area contributed by atoms with Crippen LogP contribution in [0.15, 0.2) is 42.2 Å². The molecule has 0 saturated carbocycles. The first-order valence-corrected chi connectivity index (χ1v) is 5.28. The van der Waals surface area contributed by atoms with E-state index in [1.165, 1.54) is 6.42 Å². The number of hydrogen-bond acceptors (Lipinski definition) is 0. The second kappa shape index (κ2) is 6.45. The van der Waals surface area contributed by atoms with Gasteiger partial charge in [0.25, 0.3) is 0 Å². The summed E-state index contributed by atoms with van der Waals surface area (Å²) in [6, 6.07) is 0. The average molecular weight is 190 g/mol. The van der Waals surface area contributed by atoms with E-state index >= 15 is 0 Å². The second-order valence-electron chi connectivity index (χ2n) is 3.87. The summed E-state index contributed by atoms with van der Waals surface area (Å²) < 4.78 is 0. The van der Waals surface area contributed by atoms with Crippen LogP contribution in [0.2, 0.25) is 0 Å². The summed E-state index contributed by atoms with van der Waals surface area (Å²) in [4.78, 5) is 0. The van der Waals surface area contributed by atoms with Gasteiger partial charge >= 0.3 is 0 Å². The van der Waals surface area contributed by atoms with Gasteiger partial charge in [0, 0.05) is 0 Å². The van der Waals surface area contributed by atoms with Crippen molar-refractivity contribution in [1.82, 2.24) is 0 Å². The Morgan fingerprint density at radius 2 is 2.00 bits per heavy atom. The molecule has 0 bridgehead atoms. The van der Waals surface area contributed by atoms with Crippen molar-refractivity contribution in [3.8, 4) is 0 Å². The van der Waals surface area contributed by atoms with Gasteiger partial charge in [-0.15, -0.1) is 5.73 Å². The maximum atomic E-state index is 3.81. The smallest absolute Gasteiger partial charge is 0.00285 e. The Balaban J connectivity index is 4.76. The molecule has 0 aromatic carbocycles. The van der Waals surface area contributed by atoms with Gasteiger partial charge in [0.2, 0.25) is 0 Å². The van der Waals surface area contributed by atoms with Crippen molar-refractivity contribution in [2.75, 3.05) is 0 Å². The zero-order chi connectivity index (χ0) is 11.1. The quantitative estimate of drug-likeness (QED) is 0.442. The minimum absolute atomic E-state index is 0.580. The predicted molar refractivity (Wildman–Crippen MR) is 65.2 cm³/mol. The lowest BCUT2D eigenvalue weighted by Crippen LogP contribution is -2.04. The van der Waals surface area contributed by atoms with Gasteiger partial charge in [-0.3, -0.25) is 0 Å². The Hall–Kier alpha value is -1.00. The van der Waals surface area contributed by atoms with E-state index in [-0.39, 0.29) is 0 Å². The van der Waals surface area contributed by atoms with Crippen LogP contribution in [-0.4, -0.2) is 0 Å². The molecule has 2 unspecified atom stereocenters. The highest BCUT2D eigenvalue weighted by Crippen LogP contribution is 2.20. The predicted octanol–water partition coefficient (Wildman–Crippen LogP) is 4.51. The lowest BCUT2D eigenvalue weighted by Gasteiger charge is -2.15. The summed E-state index contributed by atoms with van der Waals surface area (Å²) in [5.74, 6) is 1.29. The number of allylic oxidation sites excluding steroid dienone is 4. The molecule has 2 atom stereocenters. The molecule has 0 heteroatoms. The van der Waals surface area contributed by atoms with Crippen LogP contribution in [0.5, 0.6) is 0 Å². The summed E-state index contributed by atoms with van der Waals surface area (Å²) in [7, 11) is 0. The van der Waals surface area contributed by atoms with Crippen LogP contribution in [0, 0.1) is 11.8 Å². The summed E-state index contributed by atoms with van der Waals surface area (Å²) >= 11 is 0. The van der Waals surface area contributed by atoms with E-state index in [2.05, 4.69) is 45.7 Å². The summed E-state index contributed by atoms with van der Waals surface area (Å²) in [5, 5.41) is 0. The highest BCUT2D eigenvalue weighted by molar-refractivity contribution is 5.36. The van der Waals surface area contributed by atoms with Gasteiger partial charge in [0.1, 0.15) is 0 Å². The van der Waals surface area contributed by atoms with E-state index in [1.54, 1.807) is 0 Å². The molecule has 0 spiro atoms. The van der Waals surface area contributed by atoms with Crippen molar-refractivity contribution in [1.29, 1.82) is 0 Å². The van der Waals surface area contributed by atoms with Gasteiger partial charge in [-0.25, -0.2) is 0 Å². The highest BCUT2D eigenvalue weighted by Gasteiger charge is 2.08. The fourth-order valence-corrected chi connectivity index (χ4v) is 1.27. The monoisotopic (exact) mass is 190 g/mol. The standard InChI is InChI=1S/C14H22/c1-7-11(4)13(6)10-14(9-3)12(5)8-2/h9-11,13H,2-3,7H2,1,4-6H3. The summed E-state index contributed by atoms with van der Waals surface area (Å²) in [5.41, 5.74) is 5.14. The van der Waals surface area contributed by atoms with Gasteiger partial charge in [-0.05, 0) is 29.9 Å². The first kappa shape index (κ1) is 13.0. The second-order valence-corrected chi connectivity index (χ2v) is 3.87. The average Bonchev–Trinajstić information content (AvgIpc) is 2.22.